The standard InChI is InChI=1S/C11H14BrN.ClH/c1-7-2-3-9(11(12)4-7)10-5-8(10)6-13;/h2-4,8,10H,5-6,13H2,1H3;1H/t8-,10+;/m1./s1. The van der Waals surface area contributed by atoms with Gasteiger partial charge in [-0.1, -0.05) is 28.1 Å². The number of hydrogen-bond donors (Lipinski definition) is 1. The predicted octanol–water partition coefficient (Wildman–Crippen LogP) is 3.24. The van der Waals surface area contributed by atoms with Gasteiger partial charge in [-0.2, -0.15) is 0 Å². The van der Waals surface area contributed by atoms with Crippen molar-refractivity contribution in [2.24, 2.45) is 11.7 Å². The molecule has 0 amide bonds. The van der Waals surface area contributed by atoms with E-state index < -0.39 is 0 Å². The molecule has 2 rings (SSSR count). The van der Waals surface area contributed by atoms with Crippen LogP contribution in [-0.2, 0) is 0 Å². The average Bonchev–Trinajstić information content (AvgIpc) is 2.83. The highest BCUT2D eigenvalue weighted by Crippen LogP contribution is 2.48. The summed E-state index contributed by atoms with van der Waals surface area (Å²) in [7, 11) is 0. The van der Waals surface area contributed by atoms with E-state index in [9.17, 15) is 0 Å². The first-order chi connectivity index (χ1) is 6.22. The van der Waals surface area contributed by atoms with E-state index in [4.69, 9.17) is 5.73 Å². The average molecular weight is 277 g/mol. The molecule has 1 nitrogen and oxygen atoms in total. The molecule has 78 valence electrons. The van der Waals surface area contributed by atoms with Gasteiger partial charge in [-0.3, -0.25) is 0 Å². The van der Waals surface area contributed by atoms with Gasteiger partial charge >= 0.3 is 0 Å². The lowest BCUT2D eigenvalue weighted by molar-refractivity contribution is 0.808. The van der Waals surface area contributed by atoms with Gasteiger partial charge in [-0.25, -0.2) is 0 Å². The van der Waals surface area contributed by atoms with Crippen LogP contribution < -0.4 is 5.73 Å². The molecule has 3 heteroatoms. The zero-order valence-corrected chi connectivity index (χ0v) is 10.6. The molecule has 0 unspecified atom stereocenters. The second-order valence-electron chi connectivity index (χ2n) is 3.86. The molecule has 14 heavy (non-hydrogen) atoms. The third-order valence-corrected chi connectivity index (χ3v) is 3.47. The van der Waals surface area contributed by atoms with E-state index in [2.05, 4.69) is 41.1 Å². The summed E-state index contributed by atoms with van der Waals surface area (Å²) in [6.07, 6.45) is 1.26. The van der Waals surface area contributed by atoms with Crippen molar-refractivity contribution >= 4 is 28.3 Å². The molecule has 1 saturated carbocycles. The van der Waals surface area contributed by atoms with Crippen molar-refractivity contribution in [3.8, 4) is 0 Å². The molecular formula is C11H15BrClN. The summed E-state index contributed by atoms with van der Waals surface area (Å²) >= 11 is 3.60. The van der Waals surface area contributed by atoms with Crippen molar-refractivity contribution in [2.75, 3.05) is 6.54 Å². The Kier molecular flexibility index (Phi) is 3.99. The number of rotatable bonds is 2. The van der Waals surface area contributed by atoms with Crippen LogP contribution in [0.4, 0.5) is 0 Å². The van der Waals surface area contributed by atoms with Crippen LogP contribution in [0.1, 0.15) is 23.5 Å². The number of benzene rings is 1. The Labute approximate surface area is 99.6 Å². The maximum absolute atomic E-state index is 5.63. The molecule has 0 heterocycles. The molecule has 2 atom stereocenters. The molecule has 0 bridgehead atoms. The summed E-state index contributed by atoms with van der Waals surface area (Å²) in [6, 6.07) is 6.58. The molecule has 0 aromatic heterocycles. The molecule has 0 saturated heterocycles. The van der Waals surface area contributed by atoms with Crippen molar-refractivity contribution in [3.63, 3.8) is 0 Å². The van der Waals surface area contributed by atoms with Gasteiger partial charge in [0.2, 0.25) is 0 Å². The van der Waals surface area contributed by atoms with Crippen LogP contribution in [0.3, 0.4) is 0 Å². The van der Waals surface area contributed by atoms with Gasteiger partial charge in [0.1, 0.15) is 0 Å². The van der Waals surface area contributed by atoms with Crippen molar-refractivity contribution in [3.05, 3.63) is 33.8 Å². The largest absolute Gasteiger partial charge is 0.330 e. The summed E-state index contributed by atoms with van der Waals surface area (Å²) in [5.41, 5.74) is 8.36. The predicted molar refractivity (Wildman–Crippen MR) is 66.0 cm³/mol. The second kappa shape index (κ2) is 4.65. The first-order valence-corrected chi connectivity index (χ1v) is 5.48. The Morgan fingerprint density at radius 2 is 2.21 bits per heavy atom. The van der Waals surface area contributed by atoms with Crippen LogP contribution in [0.5, 0.6) is 0 Å². The zero-order valence-electron chi connectivity index (χ0n) is 8.16. The highest BCUT2D eigenvalue weighted by atomic mass is 79.9. The Bertz CT molecular complexity index is 327. The van der Waals surface area contributed by atoms with Crippen LogP contribution in [0.15, 0.2) is 22.7 Å². The Hall–Kier alpha value is -0.0500. The minimum atomic E-state index is 0. The molecule has 1 aliphatic rings. The maximum atomic E-state index is 5.63. The molecule has 0 aliphatic heterocycles. The van der Waals surface area contributed by atoms with Gasteiger partial charge in [-0.05, 0) is 48.9 Å². The molecular weight excluding hydrogens is 261 g/mol. The molecule has 2 N–H and O–H groups in total. The highest BCUT2D eigenvalue weighted by molar-refractivity contribution is 9.10. The minimum Gasteiger partial charge on any atom is -0.330 e. The topological polar surface area (TPSA) is 26.0 Å². The fourth-order valence-electron chi connectivity index (χ4n) is 1.82. The van der Waals surface area contributed by atoms with Crippen molar-refractivity contribution in [1.82, 2.24) is 0 Å². The SMILES string of the molecule is Cc1ccc([C@H]2C[C@@H]2CN)c(Br)c1.Cl. The first-order valence-electron chi connectivity index (χ1n) is 4.68. The van der Waals surface area contributed by atoms with E-state index in [0.29, 0.717) is 5.92 Å². The summed E-state index contributed by atoms with van der Waals surface area (Å²) in [6.45, 7) is 2.94. The smallest absolute Gasteiger partial charge is 0.0212 e. The fraction of sp³-hybridized carbons (Fsp3) is 0.455. The zero-order chi connectivity index (χ0) is 9.42. The van der Waals surface area contributed by atoms with Crippen LogP contribution in [0, 0.1) is 12.8 Å². The highest BCUT2D eigenvalue weighted by Gasteiger charge is 2.37. The van der Waals surface area contributed by atoms with E-state index in [1.54, 1.807) is 0 Å². The second-order valence-corrected chi connectivity index (χ2v) is 4.72. The fourth-order valence-corrected chi connectivity index (χ4v) is 2.61. The minimum absolute atomic E-state index is 0. The van der Waals surface area contributed by atoms with Crippen LogP contribution in [0.25, 0.3) is 0 Å². The monoisotopic (exact) mass is 275 g/mol. The lowest BCUT2D eigenvalue weighted by Gasteiger charge is -2.04. The van der Waals surface area contributed by atoms with E-state index in [-0.39, 0.29) is 12.4 Å². The lowest BCUT2D eigenvalue weighted by Crippen LogP contribution is -2.02. The normalized spacial score (nSPS) is 24.2. The first kappa shape index (κ1) is 12.0. The van der Waals surface area contributed by atoms with Gasteiger partial charge in [0, 0.05) is 4.47 Å². The van der Waals surface area contributed by atoms with Crippen LogP contribution >= 0.6 is 28.3 Å². The molecule has 1 fully saturated rings. The van der Waals surface area contributed by atoms with Gasteiger partial charge in [0.05, 0.1) is 0 Å². The number of hydrogen-bond acceptors (Lipinski definition) is 1. The van der Waals surface area contributed by atoms with Crippen LogP contribution in [-0.4, -0.2) is 6.54 Å². The van der Waals surface area contributed by atoms with Crippen LogP contribution in [0.2, 0.25) is 0 Å². The third-order valence-electron chi connectivity index (χ3n) is 2.78. The summed E-state index contributed by atoms with van der Waals surface area (Å²) in [5, 5.41) is 0. The van der Waals surface area contributed by atoms with E-state index >= 15 is 0 Å². The Balaban J connectivity index is 0.000000980. The lowest BCUT2D eigenvalue weighted by atomic mass is 10.1. The Morgan fingerprint density at radius 3 is 2.71 bits per heavy atom. The number of nitrogens with two attached hydrogens (primary N) is 1. The van der Waals surface area contributed by atoms with Gasteiger partial charge in [0.25, 0.3) is 0 Å². The molecule has 0 spiro atoms. The quantitative estimate of drug-likeness (QED) is 0.882. The number of halogens is 2. The van der Waals surface area contributed by atoms with E-state index in [0.717, 1.165) is 12.5 Å². The Morgan fingerprint density at radius 1 is 1.50 bits per heavy atom. The maximum Gasteiger partial charge on any atom is 0.0212 e. The van der Waals surface area contributed by atoms with E-state index in [1.807, 2.05) is 0 Å². The third kappa shape index (κ3) is 2.30. The van der Waals surface area contributed by atoms with Crippen molar-refractivity contribution in [2.45, 2.75) is 19.3 Å². The number of aryl methyl sites for hydroxylation is 1. The molecule has 1 aromatic carbocycles. The van der Waals surface area contributed by atoms with Gasteiger partial charge in [0.15, 0.2) is 0 Å². The van der Waals surface area contributed by atoms with E-state index in [1.165, 1.54) is 22.0 Å². The van der Waals surface area contributed by atoms with Gasteiger partial charge in [-0.15, -0.1) is 12.4 Å². The summed E-state index contributed by atoms with van der Waals surface area (Å²) in [5.74, 6) is 1.43. The molecule has 1 aromatic rings. The summed E-state index contributed by atoms with van der Waals surface area (Å²) in [4.78, 5) is 0. The summed E-state index contributed by atoms with van der Waals surface area (Å²) < 4.78 is 1.24. The molecule has 0 radical (unpaired) electrons. The molecule has 1 aliphatic carbocycles. The van der Waals surface area contributed by atoms with Gasteiger partial charge < -0.3 is 5.73 Å². The van der Waals surface area contributed by atoms with Crippen molar-refractivity contribution < 1.29 is 0 Å². The van der Waals surface area contributed by atoms with Crippen molar-refractivity contribution in [1.29, 1.82) is 0 Å².